The molecule has 52 heavy (non-hydrogen) atoms. The van der Waals surface area contributed by atoms with Crippen molar-refractivity contribution < 1.29 is 28.6 Å². The van der Waals surface area contributed by atoms with Gasteiger partial charge in [0.2, 0.25) is 0 Å². The highest BCUT2D eigenvalue weighted by Crippen LogP contribution is 2.13. The molecule has 6 heteroatoms. The molecule has 0 saturated carbocycles. The first-order valence-electron chi connectivity index (χ1n) is 22.0. The first-order valence-corrected chi connectivity index (χ1v) is 22.0. The van der Waals surface area contributed by atoms with Gasteiger partial charge in [0.15, 0.2) is 6.10 Å². The highest BCUT2D eigenvalue weighted by atomic mass is 16.6. The molecule has 302 valence electrons. The van der Waals surface area contributed by atoms with Crippen LogP contribution in [0, 0.1) is 0 Å². The van der Waals surface area contributed by atoms with E-state index in [0.717, 1.165) is 89.9 Å². The summed E-state index contributed by atoms with van der Waals surface area (Å²) in [7, 11) is 0. The van der Waals surface area contributed by atoms with E-state index in [-0.39, 0.29) is 31.1 Å². The molecule has 1 unspecified atom stereocenters. The lowest BCUT2D eigenvalue weighted by molar-refractivity contribution is -0.167. The molecule has 0 bridgehead atoms. The average Bonchev–Trinajstić information content (AvgIpc) is 3.14. The van der Waals surface area contributed by atoms with Crippen molar-refractivity contribution in [2.24, 2.45) is 0 Å². The number of rotatable bonds is 39. The predicted molar refractivity (Wildman–Crippen MR) is 219 cm³/mol. The Balaban J connectivity index is 4.23. The molecule has 0 radical (unpaired) electrons. The van der Waals surface area contributed by atoms with E-state index < -0.39 is 6.10 Å². The van der Waals surface area contributed by atoms with Crippen molar-refractivity contribution in [2.75, 3.05) is 13.2 Å². The van der Waals surface area contributed by atoms with E-state index in [2.05, 4.69) is 57.2 Å². The van der Waals surface area contributed by atoms with Gasteiger partial charge in [-0.05, 0) is 77.0 Å². The average molecular weight is 731 g/mol. The van der Waals surface area contributed by atoms with E-state index in [1.165, 1.54) is 89.9 Å². The zero-order valence-electron chi connectivity index (χ0n) is 34.3. The van der Waals surface area contributed by atoms with Crippen molar-refractivity contribution in [2.45, 2.75) is 226 Å². The fourth-order valence-corrected chi connectivity index (χ4v) is 5.99. The maximum atomic E-state index is 12.6. The third-order valence-electron chi connectivity index (χ3n) is 9.37. The van der Waals surface area contributed by atoms with E-state index in [4.69, 9.17) is 14.2 Å². The summed E-state index contributed by atoms with van der Waals surface area (Å²) in [4.78, 5) is 37.4. The van der Waals surface area contributed by atoms with Crippen LogP contribution >= 0.6 is 0 Å². The van der Waals surface area contributed by atoms with Crippen LogP contribution < -0.4 is 0 Å². The van der Waals surface area contributed by atoms with Gasteiger partial charge in [0.1, 0.15) is 13.2 Å². The minimum Gasteiger partial charge on any atom is -0.462 e. The first kappa shape index (κ1) is 49.6. The zero-order chi connectivity index (χ0) is 38.0. The second-order valence-electron chi connectivity index (χ2n) is 14.6. The monoisotopic (exact) mass is 731 g/mol. The molecule has 0 aliphatic rings. The van der Waals surface area contributed by atoms with Gasteiger partial charge in [-0.2, -0.15) is 0 Å². The Hall–Kier alpha value is -2.37. The Labute approximate surface area is 321 Å². The molecule has 6 nitrogen and oxygen atoms in total. The summed E-state index contributed by atoms with van der Waals surface area (Å²) in [5, 5.41) is 0. The molecule has 0 saturated heterocycles. The molecule has 0 aromatic rings. The lowest BCUT2D eigenvalue weighted by atomic mass is 10.1. The summed E-state index contributed by atoms with van der Waals surface area (Å²) < 4.78 is 16.6. The Morgan fingerprint density at radius 2 is 0.692 bits per heavy atom. The van der Waals surface area contributed by atoms with Crippen LogP contribution in [0.25, 0.3) is 0 Å². The van der Waals surface area contributed by atoms with Gasteiger partial charge >= 0.3 is 17.9 Å². The number of esters is 3. The van der Waals surface area contributed by atoms with E-state index in [9.17, 15) is 14.4 Å². The van der Waals surface area contributed by atoms with Crippen LogP contribution in [-0.2, 0) is 28.6 Å². The maximum Gasteiger partial charge on any atom is 0.306 e. The van der Waals surface area contributed by atoms with Crippen LogP contribution in [0.3, 0.4) is 0 Å². The molecule has 0 N–H and O–H groups in total. The van der Waals surface area contributed by atoms with Gasteiger partial charge in [-0.1, -0.05) is 160 Å². The van der Waals surface area contributed by atoms with Crippen LogP contribution in [0.5, 0.6) is 0 Å². The van der Waals surface area contributed by atoms with Gasteiger partial charge < -0.3 is 14.2 Å². The number of carbonyl (C=O) groups excluding carboxylic acids is 3. The van der Waals surface area contributed by atoms with E-state index >= 15 is 0 Å². The van der Waals surface area contributed by atoms with Crippen LogP contribution in [0.1, 0.15) is 220 Å². The van der Waals surface area contributed by atoms with Crippen molar-refractivity contribution in [3.8, 4) is 0 Å². The molecule has 0 aromatic carbocycles. The lowest BCUT2D eigenvalue weighted by Crippen LogP contribution is -2.30. The number of unbranched alkanes of at least 4 members (excludes halogenated alkanes) is 22. The Bertz CT molecular complexity index is 891. The zero-order valence-corrected chi connectivity index (χ0v) is 34.3. The quantitative estimate of drug-likeness (QED) is 0.0271. The van der Waals surface area contributed by atoms with Crippen LogP contribution in [0.15, 0.2) is 36.5 Å². The molecular weight excluding hydrogens is 648 g/mol. The molecular formula is C46H82O6. The van der Waals surface area contributed by atoms with Gasteiger partial charge in [-0.25, -0.2) is 0 Å². The molecule has 0 spiro atoms. The summed E-state index contributed by atoms with van der Waals surface area (Å²) in [6.45, 7) is 6.48. The van der Waals surface area contributed by atoms with E-state index in [1.54, 1.807) is 0 Å². The van der Waals surface area contributed by atoms with Crippen molar-refractivity contribution in [1.82, 2.24) is 0 Å². The molecule has 0 rings (SSSR count). The van der Waals surface area contributed by atoms with Crippen LogP contribution in [0.2, 0.25) is 0 Å². The SMILES string of the molecule is CCCCC/C=C\C/C=C\CCCCCCCCCC(=O)OCC(COC(=O)CCCCCCC)OC(=O)CCCCCCC/C=C\CCCCC. The van der Waals surface area contributed by atoms with Gasteiger partial charge in [-0.3, -0.25) is 14.4 Å². The third kappa shape index (κ3) is 38.9. The van der Waals surface area contributed by atoms with E-state index in [1.807, 2.05) is 0 Å². The standard InChI is InChI=1S/C46H82O6/c1-4-7-10-13-15-17-19-21-22-23-24-25-27-28-30-33-36-39-45(48)51-42-43(41-50-44(47)38-35-32-12-9-6-3)52-46(49)40-37-34-31-29-26-20-18-16-14-11-8-5-2/h15-18,21-22,43H,4-14,19-20,23-42H2,1-3H3/b17-15-,18-16-,22-21-. The second kappa shape index (κ2) is 41.4. The minimum atomic E-state index is -0.772. The number of carbonyl (C=O) groups is 3. The maximum absolute atomic E-state index is 12.6. The Morgan fingerprint density at radius 1 is 0.385 bits per heavy atom. The summed E-state index contributed by atoms with van der Waals surface area (Å²) >= 11 is 0. The molecule has 0 amide bonds. The van der Waals surface area contributed by atoms with E-state index in [0.29, 0.717) is 19.3 Å². The summed E-state index contributed by atoms with van der Waals surface area (Å²) in [5.74, 6) is -0.910. The summed E-state index contributed by atoms with van der Waals surface area (Å²) in [6, 6.07) is 0. The highest BCUT2D eigenvalue weighted by molar-refractivity contribution is 5.71. The normalized spacial score (nSPS) is 12.3. The topological polar surface area (TPSA) is 78.9 Å². The third-order valence-corrected chi connectivity index (χ3v) is 9.37. The first-order chi connectivity index (χ1) is 25.5. The fourth-order valence-electron chi connectivity index (χ4n) is 5.99. The number of ether oxygens (including phenoxy) is 3. The van der Waals surface area contributed by atoms with Gasteiger partial charge in [0, 0.05) is 19.3 Å². The molecule has 1 atom stereocenters. The molecule has 0 fully saturated rings. The Morgan fingerprint density at radius 3 is 1.12 bits per heavy atom. The van der Waals surface area contributed by atoms with Crippen molar-refractivity contribution in [3.05, 3.63) is 36.5 Å². The molecule has 0 heterocycles. The largest absolute Gasteiger partial charge is 0.462 e. The lowest BCUT2D eigenvalue weighted by Gasteiger charge is -2.18. The van der Waals surface area contributed by atoms with Crippen molar-refractivity contribution in [3.63, 3.8) is 0 Å². The summed E-state index contributed by atoms with van der Waals surface area (Å²) in [5.41, 5.74) is 0. The minimum absolute atomic E-state index is 0.0786. The number of allylic oxidation sites excluding steroid dienone is 6. The molecule has 0 aliphatic carbocycles. The number of hydrogen-bond donors (Lipinski definition) is 0. The van der Waals surface area contributed by atoms with Crippen molar-refractivity contribution >= 4 is 17.9 Å². The van der Waals surface area contributed by atoms with Gasteiger partial charge in [-0.15, -0.1) is 0 Å². The Kier molecular flexibility index (Phi) is 39.5. The fraction of sp³-hybridized carbons (Fsp3) is 0.804. The highest BCUT2D eigenvalue weighted by Gasteiger charge is 2.19. The van der Waals surface area contributed by atoms with Crippen LogP contribution in [-0.4, -0.2) is 37.2 Å². The molecule has 0 aliphatic heterocycles. The second-order valence-corrected chi connectivity index (χ2v) is 14.6. The predicted octanol–water partition coefficient (Wildman–Crippen LogP) is 13.8. The molecule has 0 aromatic heterocycles. The van der Waals surface area contributed by atoms with Gasteiger partial charge in [0.05, 0.1) is 0 Å². The van der Waals surface area contributed by atoms with Gasteiger partial charge in [0.25, 0.3) is 0 Å². The number of hydrogen-bond acceptors (Lipinski definition) is 6. The van der Waals surface area contributed by atoms with Crippen molar-refractivity contribution in [1.29, 1.82) is 0 Å². The van der Waals surface area contributed by atoms with Crippen LogP contribution in [0.4, 0.5) is 0 Å². The smallest absolute Gasteiger partial charge is 0.306 e. The summed E-state index contributed by atoms with van der Waals surface area (Å²) in [6.07, 6.45) is 45.8.